The van der Waals surface area contributed by atoms with Gasteiger partial charge in [0, 0.05) is 16.8 Å². The molecule has 1 N–H and O–H groups in total. The molecule has 3 nitrogen and oxygen atoms in total. The zero-order valence-corrected chi connectivity index (χ0v) is 9.83. The van der Waals surface area contributed by atoms with Crippen molar-refractivity contribution in [2.45, 2.75) is 13.6 Å². The normalized spacial score (nSPS) is 10.1. The summed E-state index contributed by atoms with van der Waals surface area (Å²) in [5.41, 5.74) is 3.42. The summed E-state index contributed by atoms with van der Waals surface area (Å²) in [6.45, 7) is 1.09. The van der Waals surface area contributed by atoms with Gasteiger partial charge in [-0.1, -0.05) is 12.1 Å². The molecule has 0 unspecified atom stereocenters. The Morgan fingerprint density at radius 1 is 1.39 bits per heavy atom. The lowest BCUT2D eigenvalue weighted by Gasteiger charge is -2.02. The zero-order chi connectivity index (χ0) is 13.1. The Labute approximate surface area is 104 Å². The molecule has 0 saturated heterocycles. The minimum Gasteiger partial charge on any atom is -0.359 e. The number of nitriles is 1. The highest BCUT2D eigenvalue weighted by Crippen LogP contribution is 2.29. The minimum atomic E-state index is -0.703. The highest BCUT2D eigenvalue weighted by atomic mass is 19.1. The number of hydrogen-bond acceptors (Lipinski definition) is 2. The molecule has 0 saturated carbocycles. The van der Waals surface area contributed by atoms with Gasteiger partial charge in [-0.15, -0.1) is 0 Å². The van der Waals surface area contributed by atoms with Crippen LogP contribution in [-0.4, -0.2) is 11.3 Å². The molecule has 0 atom stereocenters. The number of carbonyl (C=O) groups is 1. The maximum Gasteiger partial charge on any atom is 0.152 e. The van der Waals surface area contributed by atoms with Crippen molar-refractivity contribution in [1.29, 1.82) is 5.26 Å². The molecule has 1 heterocycles. The summed E-state index contributed by atoms with van der Waals surface area (Å²) in [5.74, 6) is 0. The van der Waals surface area contributed by atoms with E-state index >= 15 is 0 Å². The molecule has 0 aliphatic rings. The fourth-order valence-electron chi connectivity index (χ4n) is 2.03. The Morgan fingerprint density at radius 2 is 2.06 bits per heavy atom. The molecule has 2 aromatic rings. The van der Waals surface area contributed by atoms with E-state index in [0.717, 1.165) is 11.3 Å². The molecule has 0 radical (unpaired) electrons. The van der Waals surface area contributed by atoms with Gasteiger partial charge in [0.15, 0.2) is 6.29 Å². The van der Waals surface area contributed by atoms with Gasteiger partial charge in [-0.3, -0.25) is 4.79 Å². The van der Waals surface area contributed by atoms with Crippen LogP contribution in [0.1, 0.15) is 27.3 Å². The lowest BCUT2D eigenvalue weighted by Crippen LogP contribution is -1.88. The number of halogens is 1. The van der Waals surface area contributed by atoms with E-state index in [1.54, 1.807) is 31.2 Å². The second-order valence-corrected chi connectivity index (χ2v) is 3.96. The fourth-order valence-corrected chi connectivity index (χ4v) is 2.03. The first-order valence-corrected chi connectivity index (χ1v) is 5.44. The molecule has 0 bridgehead atoms. The molecule has 0 aliphatic heterocycles. The van der Waals surface area contributed by atoms with Crippen molar-refractivity contribution in [1.82, 2.24) is 4.98 Å². The summed E-state index contributed by atoms with van der Waals surface area (Å²) in [7, 11) is 0. The van der Waals surface area contributed by atoms with Gasteiger partial charge in [-0.25, -0.2) is 4.39 Å². The summed E-state index contributed by atoms with van der Waals surface area (Å²) >= 11 is 0. The van der Waals surface area contributed by atoms with E-state index in [1.165, 1.54) is 0 Å². The van der Waals surface area contributed by atoms with Crippen LogP contribution in [0.2, 0.25) is 0 Å². The molecule has 90 valence electrons. The van der Waals surface area contributed by atoms with Crippen LogP contribution in [0, 0.1) is 18.3 Å². The van der Waals surface area contributed by atoms with Crippen LogP contribution in [0.3, 0.4) is 0 Å². The zero-order valence-electron chi connectivity index (χ0n) is 9.83. The number of alkyl halides is 1. The Kier molecular flexibility index (Phi) is 3.24. The summed E-state index contributed by atoms with van der Waals surface area (Å²) in [6.07, 6.45) is 0.659. The third kappa shape index (κ3) is 1.91. The lowest BCUT2D eigenvalue weighted by molar-refractivity contribution is 0.112. The van der Waals surface area contributed by atoms with Gasteiger partial charge >= 0.3 is 0 Å². The van der Waals surface area contributed by atoms with Gasteiger partial charge in [0.2, 0.25) is 0 Å². The minimum absolute atomic E-state index is 0.293. The van der Waals surface area contributed by atoms with E-state index < -0.39 is 6.67 Å². The third-order valence-corrected chi connectivity index (χ3v) is 2.86. The van der Waals surface area contributed by atoms with Crippen molar-refractivity contribution < 1.29 is 9.18 Å². The predicted octanol–water partition coefficient (Wildman–Crippen LogP) is 3.14. The van der Waals surface area contributed by atoms with E-state index in [-0.39, 0.29) is 0 Å². The fraction of sp³-hybridized carbons (Fsp3) is 0.143. The SMILES string of the molecule is Cc1[nH]c(CF)c(C=O)c1-c1ccc(C#N)cc1. The second-order valence-electron chi connectivity index (χ2n) is 3.96. The molecule has 4 heteroatoms. The van der Waals surface area contributed by atoms with E-state index in [2.05, 4.69) is 4.98 Å². The van der Waals surface area contributed by atoms with Gasteiger partial charge in [0.1, 0.15) is 6.67 Å². The Morgan fingerprint density at radius 3 is 2.56 bits per heavy atom. The smallest absolute Gasteiger partial charge is 0.152 e. The van der Waals surface area contributed by atoms with Crippen molar-refractivity contribution in [2.24, 2.45) is 0 Å². The van der Waals surface area contributed by atoms with Crippen molar-refractivity contribution in [2.75, 3.05) is 0 Å². The molecule has 0 fully saturated rings. The second kappa shape index (κ2) is 4.84. The average Bonchev–Trinajstić information content (AvgIpc) is 2.74. The number of aryl methyl sites for hydroxylation is 1. The van der Waals surface area contributed by atoms with Crippen molar-refractivity contribution in [3.05, 3.63) is 46.8 Å². The summed E-state index contributed by atoms with van der Waals surface area (Å²) in [4.78, 5) is 13.9. The number of benzene rings is 1. The monoisotopic (exact) mass is 242 g/mol. The first-order valence-electron chi connectivity index (χ1n) is 5.44. The average molecular weight is 242 g/mol. The molecule has 2 rings (SSSR count). The summed E-state index contributed by atoms with van der Waals surface area (Å²) in [6, 6.07) is 8.88. The first-order chi connectivity index (χ1) is 8.71. The number of hydrogen-bond donors (Lipinski definition) is 1. The highest BCUT2D eigenvalue weighted by Gasteiger charge is 2.15. The predicted molar refractivity (Wildman–Crippen MR) is 65.9 cm³/mol. The summed E-state index contributed by atoms with van der Waals surface area (Å²) < 4.78 is 12.8. The number of nitrogens with zero attached hydrogens (tertiary/aromatic N) is 1. The van der Waals surface area contributed by atoms with E-state index in [4.69, 9.17) is 5.26 Å². The van der Waals surface area contributed by atoms with Crippen LogP contribution in [0.4, 0.5) is 4.39 Å². The van der Waals surface area contributed by atoms with Crippen LogP contribution in [0.15, 0.2) is 24.3 Å². The standard InChI is InChI=1S/C14H11FN2O/c1-9-14(12(8-18)13(6-15)17-9)11-4-2-10(7-16)3-5-11/h2-5,8,17H,6H2,1H3. The lowest BCUT2D eigenvalue weighted by atomic mass is 10.00. The number of nitrogens with one attached hydrogen (secondary N) is 1. The van der Waals surface area contributed by atoms with Crippen molar-refractivity contribution in [3.8, 4) is 17.2 Å². The molecule has 18 heavy (non-hydrogen) atoms. The number of carbonyl (C=O) groups excluding carboxylic acids is 1. The summed E-state index contributed by atoms with van der Waals surface area (Å²) in [5, 5.41) is 8.73. The Hall–Kier alpha value is -2.41. The number of aromatic amines is 1. The first kappa shape index (κ1) is 12.1. The van der Waals surface area contributed by atoms with Crippen LogP contribution in [0.5, 0.6) is 0 Å². The Balaban J connectivity index is 2.59. The molecule has 0 amide bonds. The molecule has 0 aliphatic carbocycles. The topological polar surface area (TPSA) is 56.6 Å². The third-order valence-electron chi connectivity index (χ3n) is 2.86. The number of aldehydes is 1. The maximum atomic E-state index is 12.8. The van der Waals surface area contributed by atoms with Crippen LogP contribution in [0.25, 0.3) is 11.1 Å². The molecule has 0 spiro atoms. The van der Waals surface area contributed by atoms with Gasteiger partial charge in [-0.05, 0) is 24.6 Å². The van der Waals surface area contributed by atoms with Crippen LogP contribution in [-0.2, 0) is 6.67 Å². The van der Waals surface area contributed by atoms with E-state index in [0.29, 0.717) is 28.7 Å². The highest BCUT2D eigenvalue weighted by molar-refractivity contribution is 5.90. The van der Waals surface area contributed by atoms with Gasteiger partial charge in [-0.2, -0.15) is 5.26 Å². The van der Waals surface area contributed by atoms with Crippen molar-refractivity contribution >= 4 is 6.29 Å². The van der Waals surface area contributed by atoms with E-state index in [1.807, 2.05) is 6.07 Å². The quantitative estimate of drug-likeness (QED) is 0.840. The number of H-pyrrole nitrogens is 1. The van der Waals surface area contributed by atoms with Gasteiger partial charge in [0.05, 0.1) is 17.3 Å². The maximum absolute atomic E-state index is 12.8. The molecular weight excluding hydrogens is 231 g/mol. The number of rotatable bonds is 3. The van der Waals surface area contributed by atoms with Gasteiger partial charge in [0.25, 0.3) is 0 Å². The van der Waals surface area contributed by atoms with E-state index in [9.17, 15) is 9.18 Å². The van der Waals surface area contributed by atoms with Crippen LogP contribution < -0.4 is 0 Å². The largest absolute Gasteiger partial charge is 0.359 e. The Bertz CT molecular complexity index is 620. The molecule has 1 aromatic heterocycles. The van der Waals surface area contributed by atoms with Gasteiger partial charge < -0.3 is 4.98 Å². The van der Waals surface area contributed by atoms with Crippen molar-refractivity contribution in [3.63, 3.8) is 0 Å². The number of aromatic nitrogens is 1. The molecular formula is C14H11FN2O. The molecule has 1 aromatic carbocycles. The van der Waals surface area contributed by atoms with Crippen LogP contribution >= 0.6 is 0 Å².